The molecule has 6 nitrogen and oxygen atoms in total. The van der Waals surface area contributed by atoms with Crippen LogP contribution in [0, 0.1) is 0 Å². The molecule has 1 heterocycles. The Bertz CT molecular complexity index is 316. The predicted molar refractivity (Wildman–Crippen MR) is 55.6 cm³/mol. The van der Waals surface area contributed by atoms with Crippen LogP contribution in [0.25, 0.3) is 0 Å². The van der Waals surface area contributed by atoms with Crippen molar-refractivity contribution in [3.8, 4) is 0 Å². The van der Waals surface area contributed by atoms with Gasteiger partial charge in [-0.3, -0.25) is 19.3 Å². The lowest BCUT2D eigenvalue weighted by Gasteiger charge is -2.30. The van der Waals surface area contributed by atoms with Crippen molar-refractivity contribution in [2.75, 3.05) is 7.05 Å². The maximum Gasteiger partial charge on any atom is 0.304 e. The second kappa shape index (κ2) is 5.07. The number of aliphatic carboxylic acids is 1. The van der Waals surface area contributed by atoms with E-state index >= 15 is 0 Å². The van der Waals surface area contributed by atoms with E-state index in [4.69, 9.17) is 5.11 Å². The van der Waals surface area contributed by atoms with E-state index in [9.17, 15) is 14.4 Å². The van der Waals surface area contributed by atoms with Gasteiger partial charge in [0, 0.05) is 19.5 Å². The molecule has 1 saturated heterocycles. The van der Waals surface area contributed by atoms with E-state index in [-0.39, 0.29) is 24.3 Å². The number of nitrogens with one attached hydrogen (secondary N) is 1. The average Bonchev–Trinajstić information content (AvgIpc) is 2.18. The number of carbonyl (C=O) groups is 3. The number of carbonyl (C=O) groups excluding carboxylic acids is 2. The van der Waals surface area contributed by atoms with Crippen LogP contribution in [-0.2, 0) is 14.4 Å². The first kappa shape index (κ1) is 12.6. The fourth-order valence-electron chi connectivity index (χ4n) is 1.73. The first-order chi connectivity index (χ1) is 7.41. The standard InChI is InChI=1S/C10H16N2O4/c1-6(5-9(14)15)11-7-3-4-8(13)12(2)10(7)16/h6-7,11H,3-5H2,1-2H3,(H,14,15). The number of likely N-dealkylation sites (tertiary alicyclic amines) is 1. The normalized spacial score (nSPS) is 23.4. The second-order valence-electron chi connectivity index (χ2n) is 4.05. The molecule has 0 spiro atoms. The monoisotopic (exact) mass is 228 g/mol. The third-order valence-corrected chi connectivity index (χ3v) is 2.62. The molecule has 0 aliphatic carbocycles. The maximum atomic E-state index is 11.7. The maximum absolute atomic E-state index is 11.7. The highest BCUT2D eigenvalue weighted by Crippen LogP contribution is 2.12. The molecule has 6 heteroatoms. The van der Waals surface area contributed by atoms with E-state index in [0.717, 1.165) is 4.90 Å². The first-order valence-electron chi connectivity index (χ1n) is 5.20. The lowest BCUT2D eigenvalue weighted by molar-refractivity contribution is -0.148. The Kier molecular flexibility index (Phi) is 4.00. The minimum absolute atomic E-state index is 0.0402. The predicted octanol–water partition coefficient (Wildman–Crippen LogP) is -0.413. The fourth-order valence-corrected chi connectivity index (χ4v) is 1.73. The summed E-state index contributed by atoms with van der Waals surface area (Å²) in [5, 5.41) is 11.5. The Morgan fingerprint density at radius 1 is 1.62 bits per heavy atom. The van der Waals surface area contributed by atoms with Crippen molar-refractivity contribution in [1.82, 2.24) is 10.2 Å². The quantitative estimate of drug-likeness (QED) is 0.638. The molecule has 0 aromatic rings. The van der Waals surface area contributed by atoms with Gasteiger partial charge >= 0.3 is 5.97 Å². The van der Waals surface area contributed by atoms with Crippen LogP contribution in [0.15, 0.2) is 0 Å². The topological polar surface area (TPSA) is 86.7 Å². The van der Waals surface area contributed by atoms with Crippen LogP contribution in [0.5, 0.6) is 0 Å². The SMILES string of the molecule is CC(CC(=O)O)NC1CCC(=O)N(C)C1=O. The molecule has 90 valence electrons. The van der Waals surface area contributed by atoms with Gasteiger partial charge in [-0.25, -0.2) is 0 Å². The third-order valence-electron chi connectivity index (χ3n) is 2.62. The summed E-state index contributed by atoms with van der Waals surface area (Å²) in [6, 6.07) is -0.731. The van der Waals surface area contributed by atoms with Crippen molar-refractivity contribution in [3.05, 3.63) is 0 Å². The number of amides is 2. The number of piperidine rings is 1. The molecule has 2 atom stereocenters. The zero-order valence-corrected chi connectivity index (χ0v) is 9.40. The molecule has 2 unspecified atom stereocenters. The minimum Gasteiger partial charge on any atom is -0.481 e. The molecule has 2 N–H and O–H groups in total. The summed E-state index contributed by atoms with van der Waals surface area (Å²) in [5.41, 5.74) is 0. The van der Waals surface area contributed by atoms with E-state index in [1.54, 1.807) is 6.92 Å². The summed E-state index contributed by atoms with van der Waals surface area (Å²) >= 11 is 0. The zero-order valence-electron chi connectivity index (χ0n) is 9.40. The molecule has 0 saturated carbocycles. The van der Waals surface area contributed by atoms with Crippen molar-refractivity contribution in [2.45, 2.75) is 38.3 Å². The number of carboxylic acids is 1. The van der Waals surface area contributed by atoms with Gasteiger partial charge in [-0.15, -0.1) is 0 Å². The number of hydrogen-bond acceptors (Lipinski definition) is 4. The number of carboxylic acid groups (broad SMARTS) is 1. The number of rotatable bonds is 4. The summed E-state index contributed by atoms with van der Waals surface area (Å²) in [6.45, 7) is 1.71. The van der Waals surface area contributed by atoms with E-state index in [1.807, 2.05) is 0 Å². The van der Waals surface area contributed by atoms with Crippen LogP contribution < -0.4 is 5.32 Å². The molecule has 1 aliphatic rings. The molecule has 2 amide bonds. The Morgan fingerprint density at radius 3 is 2.81 bits per heavy atom. The van der Waals surface area contributed by atoms with Gasteiger partial charge in [0.25, 0.3) is 0 Å². The van der Waals surface area contributed by atoms with Gasteiger partial charge in [0.15, 0.2) is 0 Å². The van der Waals surface area contributed by atoms with E-state index in [1.165, 1.54) is 7.05 Å². The van der Waals surface area contributed by atoms with Crippen molar-refractivity contribution >= 4 is 17.8 Å². The average molecular weight is 228 g/mol. The smallest absolute Gasteiger partial charge is 0.304 e. The van der Waals surface area contributed by atoms with Crippen LogP contribution in [0.3, 0.4) is 0 Å². The molecule has 1 fully saturated rings. The molecule has 1 rings (SSSR count). The Labute approximate surface area is 93.6 Å². The van der Waals surface area contributed by atoms with Crippen LogP contribution in [0.2, 0.25) is 0 Å². The summed E-state index contributed by atoms with van der Waals surface area (Å²) in [5.74, 6) is -1.38. The van der Waals surface area contributed by atoms with Gasteiger partial charge in [-0.2, -0.15) is 0 Å². The molecule has 1 aliphatic heterocycles. The van der Waals surface area contributed by atoms with Gasteiger partial charge in [-0.1, -0.05) is 0 Å². The number of hydrogen-bond donors (Lipinski definition) is 2. The zero-order chi connectivity index (χ0) is 12.3. The van der Waals surface area contributed by atoms with Crippen LogP contribution in [-0.4, -0.2) is 46.9 Å². The molecule has 0 aromatic heterocycles. The van der Waals surface area contributed by atoms with E-state index in [0.29, 0.717) is 12.8 Å². The van der Waals surface area contributed by atoms with Gasteiger partial charge in [-0.05, 0) is 13.3 Å². The van der Waals surface area contributed by atoms with E-state index in [2.05, 4.69) is 5.32 Å². The molecular weight excluding hydrogens is 212 g/mol. The second-order valence-corrected chi connectivity index (χ2v) is 4.05. The van der Waals surface area contributed by atoms with Gasteiger partial charge in [0.2, 0.25) is 11.8 Å². The Hall–Kier alpha value is -1.43. The highest BCUT2D eigenvalue weighted by molar-refractivity contribution is 6.00. The Morgan fingerprint density at radius 2 is 2.25 bits per heavy atom. The van der Waals surface area contributed by atoms with Gasteiger partial charge in [0.1, 0.15) is 0 Å². The molecule has 0 bridgehead atoms. The summed E-state index contributed by atoms with van der Waals surface area (Å²) in [7, 11) is 1.44. The van der Waals surface area contributed by atoms with Crippen molar-refractivity contribution in [3.63, 3.8) is 0 Å². The molecule has 0 radical (unpaired) electrons. The summed E-state index contributed by atoms with van der Waals surface area (Å²) in [4.78, 5) is 34.4. The van der Waals surface area contributed by atoms with Gasteiger partial charge < -0.3 is 10.4 Å². The van der Waals surface area contributed by atoms with E-state index < -0.39 is 12.0 Å². The highest BCUT2D eigenvalue weighted by Gasteiger charge is 2.32. The fraction of sp³-hybridized carbons (Fsp3) is 0.700. The Balaban J connectivity index is 2.52. The minimum atomic E-state index is -0.910. The lowest BCUT2D eigenvalue weighted by Crippen LogP contribution is -2.53. The van der Waals surface area contributed by atoms with Crippen molar-refractivity contribution in [2.24, 2.45) is 0 Å². The van der Waals surface area contributed by atoms with Crippen molar-refractivity contribution < 1.29 is 19.5 Å². The number of nitrogens with zero attached hydrogens (tertiary/aromatic N) is 1. The van der Waals surface area contributed by atoms with Crippen LogP contribution in [0.1, 0.15) is 26.2 Å². The lowest BCUT2D eigenvalue weighted by atomic mass is 10.0. The largest absolute Gasteiger partial charge is 0.481 e. The number of imide groups is 1. The molecule has 0 aromatic carbocycles. The summed E-state index contributed by atoms with van der Waals surface area (Å²) < 4.78 is 0. The molecule has 16 heavy (non-hydrogen) atoms. The van der Waals surface area contributed by atoms with Crippen LogP contribution in [0.4, 0.5) is 0 Å². The van der Waals surface area contributed by atoms with Crippen LogP contribution >= 0.6 is 0 Å². The highest BCUT2D eigenvalue weighted by atomic mass is 16.4. The first-order valence-corrected chi connectivity index (χ1v) is 5.20. The molecular formula is C10H16N2O4. The third kappa shape index (κ3) is 3.03. The summed E-state index contributed by atoms with van der Waals surface area (Å²) in [6.07, 6.45) is 0.715. The number of likely N-dealkylation sites (N-methyl/N-ethyl adjacent to an activating group) is 1. The van der Waals surface area contributed by atoms with Crippen molar-refractivity contribution in [1.29, 1.82) is 0 Å². The van der Waals surface area contributed by atoms with Gasteiger partial charge in [0.05, 0.1) is 12.5 Å².